The molecule has 0 aliphatic carbocycles. The van der Waals surface area contributed by atoms with E-state index in [1.807, 2.05) is 19.2 Å². The third-order valence-corrected chi connectivity index (χ3v) is 4.59. The van der Waals surface area contributed by atoms with Crippen LogP contribution in [0, 0.1) is 10.1 Å². The molecule has 0 amide bonds. The zero-order valence-corrected chi connectivity index (χ0v) is 13.1. The zero-order valence-electron chi connectivity index (χ0n) is 13.1. The number of quaternary nitrogens is 1. The maximum atomic E-state index is 10.6. The van der Waals surface area contributed by atoms with Crippen LogP contribution < -0.4 is 4.90 Å². The number of non-ortho nitro benzene ring substituents is 1. The van der Waals surface area contributed by atoms with Crippen LogP contribution in [0.1, 0.15) is 25.7 Å². The van der Waals surface area contributed by atoms with Crippen molar-refractivity contribution in [3.05, 3.63) is 34.4 Å². The number of unbranched alkanes of at least 4 members (excludes halogenated alkanes) is 1. The molecule has 0 spiro atoms. The van der Waals surface area contributed by atoms with Gasteiger partial charge in [0, 0.05) is 44.3 Å². The lowest BCUT2D eigenvalue weighted by atomic mass is 10.2. The Hall–Kier alpha value is -1.62. The lowest BCUT2D eigenvalue weighted by Gasteiger charge is -2.29. The normalized spacial score (nSPS) is 16.9. The van der Waals surface area contributed by atoms with E-state index in [2.05, 4.69) is 11.9 Å². The summed E-state index contributed by atoms with van der Waals surface area (Å²) in [7, 11) is 4.42. The summed E-state index contributed by atoms with van der Waals surface area (Å²) < 4.78 is 1.24. The number of benzene rings is 1. The molecule has 0 bridgehead atoms. The largest absolute Gasteiger partial charge is 0.375 e. The molecule has 1 aliphatic heterocycles. The third kappa shape index (κ3) is 4.43. The van der Waals surface area contributed by atoms with Crippen LogP contribution in [0.3, 0.4) is 0 Å². The topological polar surface area (TPSA) is 46.4 Å². The average Bonchev–Trinajstić information content (AvgIpc) is 2.90. The molecule has 5 nitrogen and oxygen atoms in total. The van der Waals surface area contributed by atoms with Gasteiger partial charge >= 0.3 is 0 Å². The summed E-state index contributed by atoms with van der Waals surface area (Å²) in [6, 6.07) is 6.80. The summed E-state index contributed by atoms with van der Waals surface area (Å²) in [6.07, 6.45) is 5.16. The molecule has 2 rings (SSSR count). The van der Waals surface area contributed by atoms with Crippen molar-refractivity contribution < 1.29 is 9.41 Å². The Bertz CT molecular complexity index is 467. The predicted octanol–water partition coefficient (Wildman–Crippen LogP) is 3.05. The SMILES string of the molecule is CN(CCCC[N+]1(C)CCCC1)c1ccc([N+](=O)[O-])cc1. The second-order valence-electron chi connectivity index (χ2n) is 6.40. The van der Waals surface area contributed by atoms with Crippen molar-refractivity contribution in [1.82, 2.24) is 0 Å². The van der Waals surface area contributed by atoms with Crippen LogP contribution in [0.25, 0.3) is 0 Å². The van der Waals surface area contributed by atoms with Crippen LogP contribution in [-0.4, -0.2) is 49.7 Å². The van der Waals surface area contributed by atoms with Gasteiger partial charge in [-0.25, -0.2) is 0 Å². The maximum absolute atomic E-state index is 10.6. The Kier molecular flexibility index (Phi) is 5.17. The first-order valence-electron chi connectivity index (χ1n) is 7.79. The number of nitro groups is 1. The number of anilines is 1. The molecule has 116 valence electrons. The fraction of sp³-hybridized carbons (Fsp3) is 0.625. The molecule has 0 aromatic heterocycles. The van der Waals surface area contributed by atoms with Crippen molar-refractivity contribution in [2.24, 2.45) is 0 Å². The van der Waals surface area contributed by atoms with E-state index in [0.717, 1.165) is 12.2 Å². The molecule has 0 N–H and O–H groups in total. The Morgan fingerprint density at radius 3 is 2.38 bits per heavy atom. The quantitative estimate of drug-likeness (QED) is 0.336. The lowest BCUT2D eigenvalue weighted by molar-refractivity contribution is -0.897. The highest BCUT2D eigenvalue weighted by Crippen LogP contribution is 2.20. The van der Waals surface area contributed by atoms with Gasteiger partial charge < -0.3 is 9.38 Å². The van der Waals surface area contributed by atoms with Gasteiger partial charge in [-0.15, -0.1) is 0 Å². The Labute approximate surface area is 126 Å². The summed E-state index contributed by atoms with van der Waals surface area (Å²) >= 11 is 0. The van der Waals surface area contributed by atoms with E-state index in [0.29, 0.717) is 0 Å². The van der Waals surface area contributed by atoms with Crippen molar-refractivity contribution in [2.75, 3.05) is 45.2 Å². The Balaban J connectivity index is 1.73. The molecule has 1 aromatic carbocycles. The van der Waals surface area contributed by atoms with E-state index in [1.165, 1.54) is 49.8 Å². The monoisotopic (exact) mass is 292 g/mol. The molecule has 1 aliphatic rings. The van der Waals surface area contributed by atoms with Crippen molar-refractivity contribution >= 4 is 11.4 Å². The Morgan fingerprint density at radius 1 is 1.19 bits per heavy atom. The third-order valence-electron chi connectivity index (χ3n) is 4.59. The molecular formula is C16H26N3O2+. The van der Waals surface area contributed by atoms with Crippen molar-refractivity contribution in [2.45, 2.75) is 25.7 Å². The van der Waals surface area contributed by atoms with Crippen molar-refractivity contribution in [1.29, 1.82) is 0 Å². The van der Waals surface area contributed by atoms with Gasteiger partial charge in [-0.05, 0) is 25.0 Å². The first-order valence-corrected chi connectivity index (χ1v) is 7.79. The minimum Gasteiger partial charge on any atom is -0.375 e. The van der Waals surface area contributed by atoms with Gasteiger partial charge in [0.15, 0.2) is 0 Å². The van der Waals surface area contributed by atoms with E-state index < -0.39 is 0 Å². The first kappa shape index (κ1) is 15.8. The minimum absolute atomic E-state index is 0.151. The fourth-order valence-corrected chi connectivity index (χ4v) is 3.12. The van der Waals surface area contributed by atoms with E-state index >= 15 is 0 Å². The van der Waals surface area contributed by atoms with Crippen LogP contribution >= 0.6 is 0 Å². The lowest BCUT2D eigenvalue weighted by Crippen LogP contribution is -2.41. The predicted molar refractivity (Wildman–Crippen MR) is 85.6 cm³/mol. The van der Waals surface area contributed by atoms with Crippen LogP contribution in [0.5, 0.6) is 0 Å². The highest BCUT2D eigenvalue weighted by molar-refractivity contribution is 5.50. The molecule has 0 unspecified atom stereocenters. The molecule has 0 atom stereocenters. The van der Waals surface area contributed by atoms with E-state index in [1.54, 1.807) is 12.1 Å². The summed E-state index contributed by atoms with van der Waals surface area (Å²) in [6.45, 7) is 4.93. The van der Waals surface area contributed by atoms with Crippen LogP contribution in [-0.2, 0) is 0 Å². The van der Waals surface area contributed by atoms with Gasteiger partial charge in [-0.2, -0.15) is 0 Å². The number of nitro benzene ring substituents is 1. The van der Waals surface area contributed by atoms with E-state index in [-0.39, 0.29) is 10.6 Å². The second-order valence-corrected chi connectivity index (χ2v) is 6.40. The maximum Gasteiger partial charge on any atom is 0.269 e. The number of likely N-dealkylation sites (tertiary alicyclic amines) is 1. The summed E-state index contributed by atoms with van der Waals surface area (Å²) in [5.74, 6) is 0. The van der Waals surface area contributed by atoms with Gasteiger partial charge in [0.25, 0.3) is 5.69 Å². The molecule has 1 fully saturated rings. The van der Waals surface area contributed by atoms with Crippen molar-refractivity contribution in [3.8, 4) is 0 Å². The van der Waals surface area contributed by atoms with Crippen molar-refractivity contribution in [3.63, 3.8) is 0 Å². The number of hydrogen-bond acceptors (Lipinski definition) is 3. The van der Waals surface area contributed by atoms with Gasteiger partial charge in [0.05, 0.1) is 31.6 Å². The highest BCUT2D eigenvalue weighted by Gasteiger charge is 2.25. The average molecular weight is 292 g/mol. The van der Waals surface area contributed by atoms with E-state index in [9.17, 15) is 10.1 Å². The fourth-order valence-electron chi connectivity index (χ4n) is 3.12. The summed E-state index contributed by atoms with van der Waals surface area (Å²) in [5.41, 5.74) is 1.20. The Morgan fingerprint density at radius 2 is 1.81 bits per heavy atom. The number of nitrogens with zero attached hydrogens (tertiary/aromatic N) is 3. The van der Waals surface area contributed by atoms with Gasteiger partial charge in [0.1, 0.15) is 0 Å². The van der Waals surface area contributed by atoms with Crippen LogP contribution in [0.15, 0.2) is 24.3 Å². The smallest absolute Gasteiger partial charge is 0.269 e. The molecular weight excluding hydrogens is 266 g/mol. The van der Waals surface area contributed by atoms with Gasteiger partial charge in [-0.3, -0.25) is 10.1 Å². The highest BCUT2D eigenvalue weighted by atomic mass is 16.6. The van der Waals surface area contributed by atoms with Crippen LogP contribution in [0.4, 0.5) is 11.4 Å². The summed E-state index contributed by atoms with van der Waals surface area (Å²) in [5, 5.41) is 10.6. The molecule has 0 saturated carbocycles. The number of hydrogen-bond donors (Lipinski definition) is 0. The molecule has 1 saturated heterocycles. The standard InChI is InChI=1S/C16H26N3O2/c1-17(15-7-9-16(10-8-15)18(20)21)11-3-4-12-19(2)13-5-6-14-19/h7-10H,3-6,11-14H2,1-2H3/q+1. The summed E-state index contributed by atoms with van der Waals surface area (Å²) in [4.78, 5) is 12.5. The number of rotatable bonds is 7. The van der Waals surface area contributed by atoms with E-state index in [4.69, 9.17) is 0 Å². The molecule has 0 radical (unpaired) electrons. The van der Waals surface area contributed by atoms with Gasteiger partial charge in [-0.1, -0.05) is 0 Å². The molecule has 5 heteroatoms. The second kappa shape index (κ2) is 6.89. The molecule has 1 heterocycles. The molecule has 1 aromatic rings. The zero-order chi connectivity index (χ0) is 15.3. The van der Waals surface area contributed by atoms with Crippen LogP contribution in [0.2, 0.25) is 0 Å². The molecule has 21 heavy (non-hydrogen) atoms. The van der Waals surface area contributed by atoms with Gasteiger partial charge in [0.2, 0.25) is 0 Å². The minimum atomic E-state index is -0.357. The first-order chi connectivity index (χ1) is 10.0.